The van der Waals surface area contributed by atoms with E-state index in [-0.39, 0.29) is 10.1 Å². The molecule has 0 atom stereocenters. The lowest BCUT2D eigenvalue weighted by molar-refractivity contribution is 0.171. The minimum Gasteiger partial charge on any atom is -0.486 e. The number of hydrogen-bond acceptors (Lipinski definition) is 4. The molecule has 1 aliphatic rings. The Morgan fingerprint density at radius 2 is 1.68 bits per heavy atom. The van der Waals surface area contributed by atoms with E-state index in [0.29, 0.717) is 30.3 Å². The Kier molecular flexibility index (Phi) is 4.04. The number of benzene rings is 2. The van der Waals surface area contributed by atoms with Crippen molar-refractivity contribution >= 4 is 26.8 Å². The van der Waals surface area contributed by atoms with Crippen LogP contribution in [0.3, 0.4) is 0 Å². The van der Waals surface area contributed by atoms with Gasteiger partial charge in [0.05, 0.1) is 4.90 Å². The predicted octanol–water partition coefficient (Wildman–Crippen LogP) is 2.83. The smallest absolute Gasteiger partial charge is 0.283 e. The largest absolute Gasteiger partial charge is 0.486 e. The van der Waals surface area contributed by atoms with Crippen molar-refractivity contribution in [1.82, 2.24) is 0 Å². The number of hydrogen-bond donors (Lipinski definition) is 0. The molecule has 1 heterocycles. The van der Waals surface area contributed by atoms with Gasteiger partial charge in [0, 0.05) is 11.6 Å². The van der Waals surface area contributed by atoms with Crippen molar-refractivity contribution in [2.45, 2.75) is 4.90 Å². The topological polar surface area (TPSA) is 65.0 Å². The van der Waals surface area contributed by atoms with Crippen LogP contribution in [0.1, 0.15) is 5.56 Å². The van der Waals surface area contributed by atoms with Gasteiger partial charge >= 0.3 is 0 Å². The molecule has 0 unspecified atom stereocenters. The van der Waals surface area contributed by atoms with Gasteiger partial charge < -0.3 is 9.47 Å². The number of halogens is 1. The maximum atomic E-state index is 12.3. The van der Waals surface area contributed by atoms with Crippen LogP contribution >= 0.6 is 11.6 Å². The van der Waals surface area contributed by atoms with Crippen LogP contribution in [0.4, 0.5) is 0 Å². The zero-order chi connectivity index (χ0) is 15.6. The van der Waals surface area contributed by atoms with Crippen LogP contribution in [0, 0.1) is 0 Å². The van der Waals surface area contributed by atoms with Gasteiger partial charge in [-0.25, -0.2) is 0 Å². The van der Waals surface area contributed by atoms with Crippen LogP contribution in [0.25, 0.3) is 0 Å². The highest BCUT2D eigenvalue weighted by atomic mass is 35.5. The molecule has 5 nitrogen and oxygen atoms in total. The van der Waals surface area contributed by atoms with Crippen molar-refractivity contribution in [1.29, 1.82) is 0 Å². The molecular formula is C15H12ClNO4S. The molecule has 0 aromatic heterocycles. The average molecular weight is 338 g/mol. The summed E-state index contributed by atoms with van der Waals surface area (Å²) >= 11 is 6.00. The van der Waals surface area contributed by atoms with Gasteiger partial charge in [-0.3, -0.25) is 0 Å². The highest BCUT2D eigenvalue weighted by Gasteiger charge is 2.19. The van der Waals surface area contributed by atoms with Crippen molar-refractivity contribution in [3.63, 3.8) is 0 Å². The number of ether oxygens (including phenoxy) is 2. The van der Waals surface area contributed by atoms with Crippen molar-refractivity contribution in [2.75, 3.05) is 13.2 Å². The third kappa shape index (κ3) is 3.08. The lowest BCUT2D eigenvalue weighted by Crippen LogP contribution is -2.15. The fraction of sp³-hybridized carbons (Fsp3) is 0.133. The van der Waals surface area contributed by atoms with Crippen molar-refractivity contribution in [2.24, 2.45) is 4.40 Å². The highest BCUT2D eigenvalue weighted by Crippen LogP contribution is 2.32. The van der Waals surface area contributed by atoms with Crippen molar-refractivity contribution < 1.29 is 17.9 Å². The molecule has 0 bridgehead atoms. The average Bonchev–Trinajstić information content (AvgIpc) is 2.55. The van der Waals surface area contributed by atoms with Gasteiger partial charge in [-0.15, -0.1) is 4.40 Å². The molecule has 1 aliphatic heterocycles. The summed E-state index contributed by atoms with van der Waals surface area (Å²) in [6.07, 6.45) is 0. The molecule has 3 rings (SSSR count). The zero-order valence-electron chi connectivity index (χ0n) is 11.4. The fourth-order valence-corrected chi connectivity index (χ4v) is 3.29. The number of sulfonamides is 1. The van der Waals surface area contributed by atoms with Crippen LogP contribution in [0.2, 0.25) is 0 Å². The molecule has 7 heteroatoms. The van der Waals surface area contributed by atoms with E-state index >= 15 is 0 Å². The van der Waals surface area contributed by atoms with Gasteiger partial charge in [0.1, 0.15) is 18.4 Å². The summed E-state index contributed by atoms with van der Waals surface area (Å²) in [6.45, 7) is 0.821. The van der Waals surface area contributed by atoms with E-state index in [1.54, 1.807) is 30.3 Å². The second-order valence-electron chi connectivity index (χ2n) is 4.53. The molecular weight excluding hydrogens is 326 g/mol. The van der Waals surface area contributed by atoms with E-state index < -0.39 is 10.0 Å². The molecule has 114 valence electrons. The Morgan fingerprint density at radius 3 is 2.41 bits per heavy atom. The molecule has 2 aromatic carbocycles. The molecule has 0 aliphatic carbocycles. The third-order valence-electron chi connectivity index (χ3n) is 3.02. The monoisotopic (exact) mass is 337 g/mol. The summed E-state index contributed by atoms with van der Waals surface area (Å²) in [5, 5.41) is -0.0875. The quantitative estimate of drug-likeness (QED) is 0.808. The van der Waals surface area contributed by atoms with E-state index in [1.165, 1.54) is 12.1 Å². The Labute approximate surface area is 133 Å². The van der Waals surface area contributed by atoms with Gasteiger partial charge in [0.25, 0.3) is 10.0 Å². The van der Waals surface area contributed by atoms with E-state index in [2.05, 4.69) is 4.40 Å². The molecule has 0 saturated carbocycles. The van der Waals surface area contributed by atoms with Crippen LogP contribution in [-0.2, 0) is 10.0 Å². The fourth-order valence-electron chi connectivity index (χ4n) is 1.97. The van der Waals surface area contributed by atoms with Gasteiger partial charge in [-0.1, -0.05) is 41.9 Å². The maximum absolute atomic E-state index is 12.3. The molecule has 0 fully saturated rings. The molecule has 0 radical (unpaired) electrons. The van der Waals surface area contributed by atoms with Gasteiger partial charge in [0.2, 0.25) is 0 Å². The molecule has 2 aromatic rings. The van der Waals surface area contributed by atoms with Gasteiger partial charge in [0.15, 0.2) is 11.5 Å². The summed E-state index contributed by atoms with van der Waals surface area (Å²) in [5.74, 6) is 0.904. The number of rotatable bonds is 3. The third-order valence-corrected chi connectivity index (χ3v) is 4.70. The standard InChI is InChI=1S/C15H12ClNO4S/c16-15(11-4-2-1-3-5-11)17-22(18,19)12-6-7-13-14(10-12)21-9-8-20-13/h1-7,10H,8-9H2/b17-15-. The molecule has 0 N–H and O–H groups in total. The Balaban J connectivity index is 1.96. The minimum absolute atomic E-state index is 0.00540. The van der Waals surface area contributed by atoms with Crippen LogP contribution < -0.4 is 9.47 Å². The van der Waals surface area contributed by atoms with Crippen molar-refractivity contribution in [3.05, 3.63) is 54.1 Å². The van der Waals surface area contributed by atoms with E-state index in [1.807, 2.05) is 6.07 Å². The number of fused-ring (bicyclic) bond motifs is 1. The first kappa shape index (κ1) is 14.9. The van der Waals surface area contributed by atoms with Crippen LogP contribution in [0.5, 0.6) is 11.5 Å². The van der Waals surface area contributed by atoms with E-state index in [4.69, 9.17) is 21.1 Å². The lowest BCUT2D eigenvalue weighted by atomic mass is 10.2. The summed E-state index contributed by atoms with van der Waals surface area (Å²) in [5.41, 5.74) is 0.533. The normalized spacial score (nSPS) is 14.7. The first-order valence-corrected chi connectivity index (χ1v) is 8.33. The summed E-state index contributed by atoms with van der Waals surface area (Å²) in [4.78, 5) is 0.00540. The Hall–Kier alpha value is -2.05. The molecule has 0 saturated heterocycles. The van der Waals surface area contributed by atoms with E-state index in [9.17, 15) is 8.42 Å². The second kappa shape index (κ2) is 5.98. The number of nitrogens with zero attached hydrogens (tertiary/aromatic N) is 1. The van der Waals surface area contributed by atoms with Gasteiger partial charge in [-0.2, -0.15) is 8.42 Å². The summed E-state index contributed by atoms with van der Waals surface area (Å²) < 4.78 is 39.1. The molecule has 0 spiro atoms. The summed E-state index contributed by atoms with van der Waals surface area (Å²) in [7, 11) is -3.92. The zero-order valence-corrected chi connectivity index (χ0v) is 13.0. The van der Waals surface area contributed by atoms with Crippen LogP contribution in [-0.4, -0.2) is 26.8 Å². The first-order chi connectivity index (χ1) is 10.6. The Morgan fingerprint density at radius 1 is 1.00 bits per heavy atom. The van der Waals surface area contributed by atoms with Gasteiger partial charge in [-0.05, 0) is 12.1 Å². The SMILES string of the molecule is O=S(=O)(/N=C(\Cl)c1ccccc1)c1ccc2c(c1)OCCO2. The highest BCUT2D eigenvalue weighted by molar-refractivity contribution is 7.90. The molecule has 22 heavy (non-hydrogen) atoms. The Bertz CT molecular complexity index is 819. The minimum atomic E-state index is -3.92. The van der Waals surface area contributed by atoms with E-state index in [0.717, 1.165) is 0 Å². The maximum Gasteiger partial charge on any atom is 0.283 e. The summed E-state index contributed by atoms with van der Waals surface area (Å²) in [6, 6.07) is 13.0. The van der Waals surface area contributed by atoms with Crippen LogP contribution in [0.15, 0.2) is 57.8 Å². The predicted molar refractivity (Wildman–Crippen MR) is 83.4 cm³/mol. The molecule has 0 amide bonds. The first-order valence-electron chi connectivity index (χ1n) is 6.52. The van der Waals surface area contributed by atoms with Crippen molar-refractivity contribution in [3.8, 4) is 11.5 Å². The second-order valence-corrected chi connectivity index (χ2v) is 6.49. The lowest BCUT2D eigenvalue weighted by Gasteiger charge is -2.18.